The highest BCUT2D eigenvalue weighted by atomic mass is 19.4. The van der Waals surface area contributed by atoms with E-state index in [2.05, 4.69) is 15.0 Å². The highest BCUT2D eigenvalue weighted by molar-refractivity contribution is 5.99. The van der Waals surface area contributed by atoms with Crippen LogP contribution in [0.15, 0.2) is 28.8 Å². The van der Waals surface area contributed by atoms with Crippen molar-refractivity contribution in [3.63, 3.8) is 0 Å². The first-order valence-corrected chi connectivity index (χ1v) is 6.26. The number of hydrogen-bond donors (Lipinski definition) is 2. The summed E-state index contributed by atoms with van der Waals surface area (Å²) < 4.78 is 80.9. The van der Waals surface area contributed by atoms with Crippen molar-refractivity contribution < 1.29 is 35.7 Å². The van der Waals surface area contributed by atoms with Crippen LogP contribution >= 0.6 is 0 Å². The summed E-state index contributed by atoms with van der Waals surface area (Å²) in [5.74, 6) is 0.303. The number of hydrogen-bond acceptors (Lipinski definition) is 3. The van der Waals surface area contributed by atoms with Crippen LogP contribution in [-0.4, -0.2) is 11.2 Å². The fourth-order valence-corrected chi connectivity index (χ4v) is 1.73. The Morgan fingerprint density at radius 2 is 1.50 bits per heavy atom. The van der Waals surface area contributed by atoms with E-state index in [1.165, 1.54) is 13.0 Å². The summed E-state index contributed by atoms with van der Waals surface area (Å²) in [6.45, 7) is 1.53. The van der Waals surface area contributed by atoms with Crippen molar-refractivity contribution in [1.82, 2.24) is 5.16 Å². The average Bonchev–Trinajstić information content (AvgIpc) is 2.81. The van der Waals surface area contributed by atoms with Crippen molar-refractivity contribution in [3.05, 3.63) is 41.2 Å². The Morgan fingerprint density at radius 1 is 0.958 bits per heavy atom. The largest absolute Gasteiger partial charge is 0.416 e. The molecule has 1 aromatic carbocycles. The van der Waals surface area contributed by atoms with E-state index in [0.717, 1.165) is 0 Å². The van der Waals surface area contributed by atoms with E-state index < -0.39 is 35.2 Å². The molecule has 0 fully saturated rings. The van der Waals surface area contributed by atoms with Gasteiger partial charge in [-0.25, -0.2) is 4.79 Å². The van der Waals surface area contributed by atoms with Gasteiger partial charge in [-0.2, -0.15) is 26.3 Å². The van der Waals surface area contributed by atoms with E-state index in [1.807, 2.05) is 5.32 Å². The van der Waals surface area contributed by atoms with E-state index in [-0.39, 0.29) is 11.9 Å². The Bertz CT molecular complexity index is 719. The lowest BCUT2D eigenvalue weighted by Gasteiger charge is -2.14. The predicted octanol–water partition coefficient (Wildman–Crippen LogP) is 4.66. The standard InChI is InChI=1S/C13H9F6N3O2/c1-6-2-10(22-24-6)21-11(23)20-9-4-7(12(14,15)16)3-8(5-9)13(17,18)19/h2-5H,1H3,(H2,20,21,22,23). The molecule has 1 aromatic heterocycles. The number of anilines is 2. The lowest BCUT2D eigenvalue weighted by molar-refractivity contribution is -0.143. The second-order valence-corrected chi connectivity index (χ2v) is 4.70. The Morgan fingerprint density at radius 3 is 1.92 bits per heavy atom. The Balaban J connectivity index is 2.26. The molecule has 0 saturated heterocycles. The number of alkyl halides is 6. The van der Waals surface area contributed by atoms with Crippen molar-refractivity contribution in [2.45, 2.75) is 19.3 Å². The van der Waals surface area contributed by atoms with Gasteiger partial charge in [0.2, 0.25) is 0 Å². The first kappa shape index (κ1) is 17.6. The molecule has 0 unspecified atom stereocenters. The van der Waals surface area contributed by atoms with Crippen LogP contribution in [0, 0.1) is 6.92 Å². The van der Waals surface area contributed by atoms with Crippen molar-refractivity contribution in [3.8, 4) is 0 Å². The maximum atomic E-state index is 12.7. The topological polar surface area (TPSA) is 67.2 Å². The summed E-state index contributed by atoms with van der Waals surface area (Å²) in [6.07, 6.45) is -10.0. The fourth-order valence-electron chi connectivity index (χ4n) is 1.73. The van der Waals surface area contributed by atoms with E-state index in [9.17, 15) is 31.1 Å². The van der Waals surface area contributed by atoms with Gasteiger partial charge in [0.15, 0.2) is 5.82 Å². The number of amides is 2. The Kier molecular flexibility index (Phi) is 4.45. The SMILES string of the molecule is Cc1cc(NC(=O)Nc2cc(C(F)(F)F)cc(C(F)(F)F)c2)no1. The van der Waals surface area contributed by atoms with Gasteiger partial charge in [0.1, 0.15) is 5.76 Å². The highest BCUT2D eigenvalue weighted by Gasteiger charge is 2.37. The second-order valence-electron chi connectivity index (χ2n) is 4.70. The van der Waals surface area contributed by atoms with Gasteiger partial charge in [0, 0.05) is 11.8 Å². The summed E-state index contributed by atoms with van der Waals surface area (Å²) in [6, 6.07) is 0.985. The lowest BCUT2D eigenvalue weighted by atomic mass is 10.1. The molecule has 1 heterocycles. The van der Waals surface area contributed by atoms with Gasteiger partial charge < -0.3 is 9.84 Å². The van der Waals surface area contributed by atoms with Crippen molar-refractivity contribution in [1.29, 1.82) is 0 Å². The van der Waals surface area contributed by atoms with Gasteiger partial charge in [-0.3, -0.25) is 5.32 Å². The molecule has 130 valence electrons. The van der Waals surface area contributed by atoms with E-state index in [1.54, 1.807) is 0 Å². The molecule has 0 atom stereocenters. The second kappa shape index (κ2) is 6.06. The molecule has 0 bridgehead atoms. The van der Waals surface area contributed by atoms with Gasteiger partial charge in [0.05, 0.1) is 11.1 Å². The van der Waals surface area contributed by atoms with Gasteiger partial charge in [0.25, 0.3) is 0 Å². The highest BCUT2D eigenvalue weighted by Crippen LogP contribution is 2.37. The Hall–Kier alpha value is -2.72. The van der Waals surface area contributed by atoms with Crippen molar-refractivity contribution in [2.24, 2.45) is 0 Å². The molecule has 5 nitrogen and oxygen atoms in total. The van der Waals surface area contributed by atoms with Crippen LogP contribution in [0.5, 0.6) is 0 Å². The van der Waals surface area contributed by atoms with Crippen molar-refractivity contribution in [2.75, 3.05) is 10.6 Å². The maximum Gasteiger partial charge on any atom is 0.416 e. The average molecular weight is 353 g/mol. The monoisotopic (exact) mass is 353 g/mol. The molecular weight excluding hydrogens is 344 g/mol. The molecule has 2 N–H and O–H groups in total. The summed E-state index contributed by atoms with van der Waals surface area (Å²) in [5, 5.41) is 7.41. The fraction of sp³-hybridized carbons (Fsp3) is 0.231. The minimum Gasteiger partial charge on any atom is -0.360 e. The number of aryl methyl sites for hydroxylation is 1. The van der Waals surface area contributed by atoms with Gasteiger partial charge in [-0.1, -0.05) is 5.16 Å². The number of rotatable bonds is 2. The van der Waals surface area contributed by atoms with E-state index in [0.29, 0.717) is 17.9 Å². The maximum absolute atomic E-state index is 12.7. The first-order valence-electron chi connectivity index (χ1n) is 6.26. The number of carbonyl (C=O) groups excluding carboxylic acids is 1. The zero-order chi connectivity index (χ0) is 18.1. The molecule has 2 aromatic rings. The van der Waals surface area contributed by atoms with Crippen LogP contribution in [0.3, 0.4) is 0 Å². The molecule has 0 aliphatic rings. The normalized spacial score (nSPS) is 12.1. The number of aromatic nitrogens is 1. The molecule has 0 spiro atoms. The summed E-state index contributed by atoms with van der Waals surface area (Å²) in [5.41, 5.74) is -3.75. The first-order chi connectivity index (χ1) is 10.9. The summed E-state index contributed by atoms with van der Waals surface area (Å²) >= 11 is 0. The summed E-state index contributed by atoms with van der Waals surface area (Å²) in [7, 11) is 0. The van der Waals surface area contributed by atoms with Crippen LogP contribution < -0.4 is 10.6 Å². The van der Waals surface area contributed by atoms with Gasteiger partial charge >= 0.3 is 18.4 Å². The number of halogens is 6. The van der Waals surface area contributed by atoms with Crippen LogP contribution in [0.25, 0.3) is 0 Å². The third kappa shape index (κ3) is 4.40. The smallest absolute Gasteiger partial charge is 0.360 e. The number of nitrogens with zero attached hydrogens (tertiary/aromatic N) is 1. The molecule has 24 heavy (non-hydrogen) atoms. The number of nitrogens with one attached hydrogen (secondary N) is 2. The molecule has 11 heteroatoms. The molecular formula is C13H9F6N3O2. The molecule has 0 aliphatic carbocycles. The zero-order valence-electron chi connectivity index (χ0n) is 11.8. The molecule has 2 amide bonds. The van der Waals surface area contributed by atoms with Crippen LogP contribution in [-0.2, 0) is 12.4 Å². The Labute approximate surface area is 130 Å². The zero-order valence-corrected chi connectivity index (χ0v) is 11.8. The minimum atomic E-state index is -5.00. The molecule has 2 rings (SSSR count). The minimum absolute atomic E-state index is 0.0376. The number of benzene rings is 1. The summed E-state index contributed by atoms with van der Waals surface area (Å²) in [4.78, 5) is 11.6. The third-order valence-corrected chi connectivity index (χ3v) is 2.72. The van der Waals surface area contributed by atoms with E-state index in [4.69, 9.17) is 0 Å². The molecule has 0 saturated carbocycles. The predicted molar refractivity (Wildman–Crippen MR) is 70.3 cm³/mol. The van der Waals surface area contributed by atoms with Crippen LogP contribution in [0.1, 0.15) is 16.9 Å². The number of carbonyl (C=O) groups is 1. The lowest BCUT2D eigenvalue weighted by Crippen LogP contribution is -2.21. The molecule has 0 radical (unpaired) electrons. The molecule has 0 aliphatic heterocycles. The van der Waals surface area contributed by atoms with Gasteiger partial charge in [-0.15, -0.1) is 0 Å². The van der Waals surface area contributed by atoms with Crippen molar-refractivity contribution >= 4 is 17.5 Å². The van der Waals surface area contributed by atoms with E-state index >= 15 is 0 Å². The van der Waals surface area contributed by atoms with Crippen LogP contribution in [0.2, 0.25) is 0 Å². The number of urea groups is 1. The third-order valence-electron chi connectivity index (χ3n) is 2.72. The van der Waals surface area contributed by atoms with Gasteiger partial charge in [-0.05, 0) is 25.1 Å². The van der Waals surface area contributed by atoms with Crippen LogP contribution in [0.4, 0.5) is 42.6 Å². The quantitative estimate of drug-likeness (QED) is 0.772.